The van der Waals surface area contributed by atoms with Gasteiger partial charge in [-0.05, 0) is 31.5 Å². The number of ether oxygens (including phenoxy) is 1. The van der Waals surface area contributed by atoms with Gasteiger partial charge in [-0.3, -0.25) is 4.79 Å². The second-order valence-corrected chi connectivity index (χ2v) is 6.23. The van der Waals surface area contributed by atoms with Crippen LogP contribution in [0.5, 0.6) is 5.75 Å². The number of aromatic nitrogens is 2. The molecule has 0 aliphatic heterocycles. The van der Waals surface area contributed by atoms with E-state index in [9.17, 15) is 4.79 Å². The molecule has 0 unspecified atom stereocenters. The molecule has 0 saturated heterocycles. The minimum absolute atomic E-state index is 0.0427. The maximum Gasteiger partial charge on any atom is 0.260 e. The Kier molecular flexibility index (Phi) is 5.31. The van der Waals surface area contributed by atoms with Crippen molar-refractivity contribution in [2.75, 3.05) is 13.7 Å². The number of amides is 1. The SMILES string of the molecule is Cc1ccc(-c2noc(CN(C)C(=O)COc3cccc(C)c3)n2)cc1. The quantitative estimate of drug-likeness (QED) is 0.681. The van der Waals surface area contributed by atoms with Crippen molar-refractivity contribution in [3.8, 4) is 17.1 Å². The first kappa shape index (κ1) is 17.7. The summed E-state index contributed by atoms with van der Waals surface area (Å²) in [6, 6.07) is 15.4. The Hall–Kier alpha value is -3.15. The predicted octanol–water partition coefficient (Wildman–Crippen LogP) is 3.39. The number of likely N-dealkylation sites (N-methyl/N-ethyl adjacent to an activating group) is 1. The summed E-state index contributed by atoms with van der Waals surface area (Å²) in [6.45, 7) is 4.18. The third-order valence-corrected chi connectivity index (χ3v) is 3.93. The van der Waals surface area contributed by atoms with E-state index in [-0.39, 0.29) is 19.1 Å². The summed E-state index contributed by atoms with van der Waals surface area (Å²) in [4.78, 5) is 18.1. The zero-order valence-corrected chi connectivity index (χ0v) is 15.1. The van der Waals surface area contributed by atoms with Gasteiger partial charge in [0.05, 0.1) is 6.54 Å². The molecule has 0 N–H and O–H groups in total. The highest BCUT2D eigenvalue weighted by molar-refractivity contribution is 5.77. The lowest BCUT2D eigenvalue weighted by Crippen LogP contribution is -2.31. The molecular weight excluding hydrogens is 330 g/mol. The molecule has 0 bridgehead atoms. The van der Waals surface area contributed by atoms with Crippen LogP contribution in [0.1, 0.15) is 17.0 Å². The van der Waals surface area contributed by atoms with Crippen molar-refractivity contribution < 1.29 is 14.1 Å². The van der Waals surface area contributed by atoms with E-state index in [1.54, 1.807) is 7.05 Å². The molecule has 0 radical (unpaired) electrons. The van der Waals surface area contributed by atoms with E-state index < -0.39 is 0 Å². The molecule has 0 aliphatic rings. The largest absolute Gasteiger partial charge is 0.484 e. The van der Waals surface area contributed by atoms with Gasteiger partial charge in [0.15, 0.2) is 6.61 Å². The second kappa shape index (κ2) is 7.82. The van der Waals surface area contributed by atoms with Crippen LogP contribution in [0.4, 0.5) is 0 Å². The Morgan fingerprint density at radius 3 is 2.62 bits per heavy atom. The van der Waals surface area contributed by atoms with Crippen molar-refractivity contribution in [2.45, 2.75) is 20.4 Å². The third kappa shape index (κ3) is 4.47. The molecule has 0 spiro atoms. The van der Waals surface area contributed by atoms with Crippen LogP contribution in [0.15, 0.2) is 53.1 Å². The number of rotatable bonds is 6. The van der Waals surface area contributed by atoms with Crippen molar-refractivity contribution in [1.29, 1.82) is 0 Å². The molecular formula is C20H21N3O3. The van der Waals surface area contributed by atoms with Crippen LogP contribution in [0.2, 0.25) is 0 Å². The predicted molar refractivity (Wildman–Crippen MR) is 97.6 cm³/mol. The van der Waals surface area contributed by atoms with E-state index in [2.05, 4.69) is 10.1 Å². The van der Waals surface area contributed by atoms with Crippen LogP contribution in [0.25, 0.3) is 11.4 Å². The Balaban J connectivity index is 1.56. The molecule has 3 rings (SSSR count). The van der Waals surface area contributed by atoms with E-state index >= 15 is 0 Å². The molecule has 1 heterocycles. The van der Waals surface area contributed by atoms with Gasteiger partial charge in [0.25, 0.3) is 5.91 Å². The van der Waals surface area contributed by atoms with Crippen LogP contribution in [0.3, 0.4) is 0 Å². The van der Waals surface area contributed by atoms with Gasteiger partial charge >= 0.3 is 0 Å². The van der Waals surface area contributed by atoms with Gasteiger partial charge in [-0.15, -0.1) is 0 Å². The van der Waals surface area contributed by atoms with E-state index in [0.717, 1.165) is 16.7 Å². The summed E-state index contributed by atoms with van der Waals surface area (Å²) in [5.74, 6) is 1.40. The molecule has 6 nitrogen and oxygen atoms in total. The molecule has 6 heteroatoms. The first-order chi connectivity index (χ1) is 12.5. The maximum atomic E-state index is 12.2. The number of benzene rings is 2. The first-order valence-corrected chi connectivity index (χ1v) is 8.34. The van der Waals surface area contributed by atoms with Crippen molar-refractivity contribution in [3.63, 3.8) is 0 Å². The number of carbonyl (C=O) groups excluding carboxylic acids is 1. The molecule has 1 amide bonds. The van der Waals surface area contributed by atoms with Crippen LogP contribution in [-0.4, -0.2) is 34.6 Å². The highest BCUT2D eigenvalue weighted by Gasteiger charge is 2.15. The average Bonchev–Trinajstić information content (AvgIpc) is 3.08. The Morgan fingerprint density at radius 1 is 1.12 bits per heavy atom. The fourth-order valence-corrected chi connectivity index (χ4v) is 2.39. The van der Waals surface area contributed by atoms with Crippen molar-refractivity contribution in [2.24, 2.45) is 0 Å². The highest BCUT2D eigenvalue weighted by Crippen LogP contribution is 2.17. The van der Waals surface area contributed by atoms with E-state index in [1.807, 2.05) is 62.4 Å². The molecule has 1 aromatic heterocycles. The number of hydrogen-bond acceptors (Lipinski definition) is 5. The van der Waals surface area contributed by atoms with Crippen LogP contribution in [-0.2, 0) is 11.3 Å². The van der Waals surface area contributed by atoms with Crippen molar-refractivity contribution in [1.82, 2.24) is 15.0 Å². The summed E-state index contributed by atoms with van der Waals surface area (Å²) in [6.07, 6.45) is 0. The average molecular weight is 351 g/mol. The van der Waals surface area contributed by atoms with E-state index in [4.69, 9.17) is 9.26 Å². The van der Waals surface area contributed by atoms with Crippen molar-refractivity contribution in [3.05, 3.63) is 65.5 Å². The van der Waals surface area contributed by atoms with Gasteiger partial charge in [-0.1, -0.05) is 47.1 Å². The smallest absolute Gasteiger partial charge is 0.260 e. The van der Waals surface area contributed by atoms with Gasteiger partial charge in [0.1, 0.15) is 5.75 Å². The number of hydrogen-bond donors (Lipinski definition) is 0. The normalized spacial score (nSPS) is 10.6. The number of nitrogens with zero attached hydrogens (tertiary/aromatic N) is 3. The van der Waals surface area contributed by atoms with Crippen LogP contribution >= 0.6 is 0 Å². The second-order valence-electron chi connectivity index (χ2n) is 6.23. The molecule has 2 aromatic carbocycles. The molecule has 134 valence electrons. The van der Waals surface area contributed by atoms with Gasteiger partial charge in [-0.2, -0.15) is 4.98 Å². The standard InChI is InChI=1S/C20H21N3O3/c1-14-7-9-16(10-8-14)20-21-18(26-22-20)12-23(3)19(24)13-25-17-6-4-5-15(2)11-17/h4-11H,12-13H2,1-3H3. The first-order valence-electron chi connectivity index (χ1n) is 8.34. The zero-order valence-electron chi connectivity index (χ0n) is 15.1. The topological polar surface area (TPSA) is 68.5 Å². The molecule has 26 heavy (non-hydrogen) atoms. The molecule has 0 saturated carbocycles. The van der Waals surface area contributed by atoms with E-state index in [0.29, 0.717) is 17.5 Å². The van der Waals surface area contributed by atoms with Crippen molar-refractivity contribution >= 4 is 5.91 Å². The summed E-state index contributed by atoms with van der Waals surface area (Å²) in [5, 5.41) is 3.98. The van der Waals surface area contributed by atoms with Gasteiger partial charge in [-0.25, -0.2) is 0 Å². The zero-order chi connectivity index (χ0) is 18.5. The van der Waals surface area contributed by atoms with Crippen LogP contribution < -0.4 is 4.74 Å². The van der Waals surface area contributed by atoms with E-state index in [1.165, 1.54) is 4.90 Å². The Labute approximate surface area is 152 Å². The Bertz CT molecular complexity index is 887. The molecule has 0 fully saturated rings. The minimum atomic E-state index is -0.165. The van der Waals surface area contributed by atoms with Gasteiger partial charge in [0.2, 0.25) is 11.7 Å². The lowest BCUT2D eigenvalue weighted by molar-refractivity contribution is -0.132. The summed E-state index contributed by atoms with van der Waals surface area (Å²) < 4.78 is 10.8. The molecule has 0 aliphatic carbocycles. The third-order valence-electron chi connectivity index (χ3n) is 3.93. The summed E-state index contributed by atoms with van der Waals surface area (Å²) in [5.41, 5.74) is 3.12. The summed E-state index contributed by atoms with van der Waals surface area (Å²) in [7, 11) is 1.68. The lowest BCUT2D eigenvalue weighted by Gasteiger charge is -2.15. The number of aryl methyl sites for hydroxylation is 2. The van der Waals surface area contributed by atoms with Gasteiger partial charge < -0.3 is 14.2 Å². The van der Waals surface area contributed by atoms with Gasteiger partial charge in [0, 0.05) is 12.6 Å². The molecule has 3 aromatic rings. The monoisotopic (exact) mass is 351 g/mol. The molecule has 0 atom stereocenters. The highest BCUT2D eigenvalue weighted by atomic mass is 16.5. The number of carbonyl (C=O) groups is 1. The maximum absolute atomic E-state index is 12.2. The fraction of sp³-hybridized carbons (Fsp3) is 0.250. The van der Waals surface area contributed by atoms with Crippen LogP contribution in [0, 0.1) is 13.8 Å². The summed E-state index contributed by atoms with van der Waals surface area (Å²) >= 11 is 0. The Morgan fingerprint density at radius 2 is 1.88 bits per heavy atom. The fourth-order valence-electron chi connectivity index (χ4n) is 2.39. The minimum Gasteiger partial charge on any atom is -0.484 e. The lowest BCUT2D eigenvalue weighted by atomic mass is 10.1.